The van der Waals surface area contributed by atoms with Gasteiger partial charge in [-0.15, -0.1) is 0 Å². The molecule has 0 heterocycles. The molecule has 0 aromatic heterocycles. The van der Waals surface area contributed by atoms with E-state index in [4.69, 9.17) is 9.84 Å². The first kappa shape index (κ1) is 41.4. The van der Waals surface area contributed by atoms with Crippen molar-refractivity contribution in [2.24, 2.45) is 0 Å². The van der Waals surface area contributed by atoms with Crippen LogP contribution in [0, 0.1) is 0 Å². The summed E-state index contributed by atoms with van der Waals surface area (Å²) in [6.07, 6.45) is 44.0. The molecule has 0 bridgehead atoms. The van der Waals surface area contributed by atoms with Crippen LogP contribution in [0.5, 0.6) is 0 Å². The minimum atomic E-state index is -0.684. The average Bonchev–Trinajstić information content (AvgIpc) is 2.98. The highest BCUT2D eigenvalue weighted by Gasteiger charge is 2.13. The maximum atomic E-state index is 12.4. The van der Waals surface area contributed by atoms with Gasteiger partial charge in [-0.1, -0.05) is 154 Å². The molecule has 0 radical (unpaired) electrons. The molecule has 1 atom stereocenters. The standard InChI is InChI=1S/C39H72O4/c1-3-5-6-7-8-9-10-11-12-13-14-15-16-17-18-19-20-21-26-29-32-36-39(42)43-37(33-4-2)34-30-27-24-22-23-25-28-31-35-38(40)41/h8-9,11-12,37H,3-7,10,13-36H2,1-2H3,(H,40,41)/b9-8-,12-11-. The van der Waals surface area contributed by atoms with Gasteiger partial charge in [0.1, 0.15) is 6.10 Å². The van der Waals surface area contributed by atoms with E-state index in [2.05, 4.69) is 38.2 Å². The molecule has 252 valence electrons. The van der Waals surface area contributed by atoms with Gasteiger partial charge in [-0.05, 0) is 64.2 Å². The summed E-state index contributed by atoms with van der Waals surface area (Å²) < 4.78 is 5.83. The molecule has 0 aliphatic rings. The largest absolute Gasteiger partial charge is 0.481 e. The van der Waals surface area contributed by atoms with E-state index in [9.17, 15) is 9.59 Å². The van der Waals surface area contributed by atoms with Gasteiger partial charge >= 0.3 is 11.9 Å². The number of aliphatic carboxylic acids is 1. The number of carbonyl (C=O) groups is 2. The van der Waals surface area contributed by atoms with Gasteiger partial charge in [0.15, 0.2) is 0 Å². The summed E-state index contributed by atoms with van der Waals surface area (Å²) >= 11 is 0. The Morgan fingerprint density at radius 1 is 0.512 bits per heavy atom. The van der Waals surface area contributed by atoms with Crippen molar-refractivity contribution in [2.45, 2.75) is 213 Å². The van der Waals surface area contributed by atoms with Crippen molar-refractivity contribution in [1.82, 2.24) is 0 Å². The van der Waals surface area contributed by atoms with E-state index in [1.54, 1.807) is 0 Å². The molecule has 4 heteroatoms. The minimum Gasteiger partial charge on any atom is -0.481 e. The smallest absolute Gasteiger partial charge is 0.306 e. The van der Waals surface area contributed by atoms with Crippen molar-refractivity contribution in [3.8, 4) is 0 Å². The molecule has 1 N–H and O–H groups in total. The Labute approximate surface area is 267 Å². The fourth-order valence-corrected chi connectivity index (χ4v) is 5.68. The van der Waals surface area contributed by atoms with Gasteiger partial charge < -0.3 is 9.84 Å². The van der Waals surface area contributed by atoms with Crippen LogP contribution in [0.2, 0.25) is 0 Å². The Bertz CT molecular complexity index is 654. The van der Waals surface area contributed by atoms with E-state index >= 15 is 0 Å². The number of hydrogen-bond donors (Lipinski definition) is 1. The Hall–Kier alpha value is -1.58. The zero-order valence-electron chi connectivity index (χ0n) is 28.8. The Kier molecular flexibility index (Phi) is 33.6. The highest BCUT2D eigenvalue weighted by Crippen LogP contribution is 2.17. The molecule has 0 rings (SSSR count). The summed E-state index contributed by atoms with van der Waals surface area (Å²) in [4.78, 5) is 22.9. The van der Waals surface area contributed by atoms with E-state index in [0.29, 0.717) is 12.8 Å². The number of esters is 1. The molecule has 0 saturated heterocycles. The molecular formula is C39H72O4. The van der Waals surface area contributed by atoms with Gasteiger partial charge in [-0.3, -0.25) is 9.59 Å². The van der Waals surface area contributed by atoms with Gasteiger partial charge in [-0.25, -0.2) is 0 Å². The third-order valence-corrected chi connectivity index (χ3v) is 8.41. The van der Waals surface area contributed by atoms with E-state index in [0.717, 1.165) is 64.2 Å². The number of carboxylic acids is 1. The molecule has 0 aromatic rings. The Morgan fingerprint density at radius 3 is 1.44 bits per heavy atom. The zero-order valence-corrected chi connectivity index (χ0v) is 28.8. The van der Waals surface area contributed by atoms with Crippen molar-refractivity contribution < 1.29 is 19.4 Å². The average molecular weight is 605 g/mol. The summed E-state index contributed by atoms with van der Waals surface area (Å²) in [5, 5.41) is 8.67. The van der Waals surface area contributed by atoms with Crippen LogP contribution in [0.25, 0.3) is 0 Å². The number of carboxylic acid groups (broad SMARTS) is 1. The topological polar surface area (TPSA) is 63.6 Å². The van der Waals surface area contributed by atoms with Crippen molar-refractivity contribution in [1.29, 1.82) is 0 Å². The van der Waals surface area contributed by atoms with Crippen molar-refractivity contribution in [2.75, 3.05) is 0 Å². The normalized spacial score (nSPS) is 12.4. The van der Waals surface area contributed by atoms with Crippen LogP contribution < -0.4 is 0 Å². The van der Waals surface area contributed by atoms with Crippen LogP contribution in [0.15, 0.2) is 24.3 Å². The maximum Gasteiger partial charge on any atom is 0.306 e. The molecule has 0 amide bonds. The molecule has 0 aliphatic heterocycles. The molecular weight excluding hydrogens is 532 g/mol. The van der Waals surface area contributed by atoms with Crippen LogP contribution >= 0.6 is 0 Å². The van der Waals surface area contributed by atoms with Gasteiger partial charge in [0.25, 0.3) is 0 Å². The summed E-state index contributed by atoms with van der Waals surface area (Å²) in [5.74, 6) is -0.680. The number of allylic oxidation sites excluding steroid dienone is 4. The number of hydrogen-bond acceptors (Lipinski definition) is 3. The summed E-state index contributed by atoms with van der Waals surface area (Å²) in [7, 11) is 0. The van der Waals surface area contributed by atoms with E-state index in [-0.39, 0.29) is 12.1 Å². The third kappa shape index (κ3) is 34.8. The molecule has 1 unspecified atom stereocenters. The summed E-state index contributed by atoms with van der Waals surface area (Å²) in [6.45, 7) is 4.42. The van der Waals surface area contributed by atoms with Crippen LogP contribution in [-0.2, 0) is 14.3 Å². The van der Waals surface area contributed by atoms with Gasteiger partial charge in [0, 0.05) is 12.8 Å². The molecule has 0 aromatic carbocycles. The minimum absolute atomic E-state index is 0.00458. The molecule has 0 saturated carbocycles. The first-order chi connectivity index (χ1) is 21.1. The van der Waals surface area contributed by atoms with Gasteiger partial charge in [0.2, 0.25) is 0 Å². The Morgan fingerprint density at radius 2 is 0.953 bits per heavy atom. The second-order valence-corrected chi connectivity index (χ2v) is 12.8. The first-order valence-electron chi connectivity index (χ1n) is 18.8. The highest BCUT2D eigenvalue weighted by atomic mass is 16.5. The first-order valence-corrected chi connectivity index (χ1v) is 18.8. The molecule has 0 aliphatic carbocycles. The second-order valence-electron chi connectivity index (χ2n) is 12.8. The molecule has 43 heavy (non-hydrogen) atoms. The van der Waals surface area contributed by atoms with Crippen molar-refractivity contribution in [3.63, 3.8) is 0 Å². The number of unbranched alkanes of at least 4 members (excludes halogenated alkanes) is 21. The SMILES string of the molecule is CCCCC/C=C\C/C=C\CCCCCCCCCCCCCC(=O)OC(CCC)CCCCCCCCCCC(=O)O. The predicted molar refractivity (Wildman–Crippen MR) is 186 cm³/mol. The van der Waals surface area contributed by atoms with E-state index in [1.165, 1.54) is 116 Å². The summed E-state index contributed by atoms with van der Waals surface area (Å²) in [6, 6.07) is 0. The number of ether oxygens (including phenoxy) is 1. The molecule has 0 fully saturated rings. The quantitative estimate of drug-likeness (QED) is 0.0451. The van der Waals surface area contributed by atoms with Gasteiger partial charge in [-0.2, -0.15) is 0 Å². The highest BCUT2D eigenvalue weighted by molar-refractivity contribution is 5.69. The zero-order chi connectivity index (χ0) is 31.5. The number of rotatable bonds is 34. The van der Waals surface area contributed by atoms with E-state index < -0.39 is 5.97 Å². The molecule has 0 spiro atoms. The molecule has 4 nitrogen and oxygen atoms in total. The lowest BCUT2D eigenvalue weighted by Crippen LogP contribution is -2.18. The third-order valence-electron chi connectivity index (χ3n) is 8.41. The fraction of sp³-hybridized carbons (Fsp3) is 0.846. The maximum absolute atomic E-state index is 12.4. The van der Waals surface area contributed by atoms with Gasteiger partial charge in [0.05, 0.1) is 0 Å². The summed E-state index contributed by atoms with van der Waals surface area (Å²) in [5.41, 5.74) is 0. The predicted octanol–water partition coefficient (Wildman–Crippen LogP) is 12.8. The monoisotopic (exact) mass is 605 g/mol. The fourth-order valence-electron chi connectivity index (χ4n) is 5.68. The van der Waals surface area contributed by atoms with Crippen LogP contribution in [0.3, 0.4) is 0 Å². The van der Waals surface area contributed by atoms with Crippen molar-refractivity contribution in [3.05, 3.63) is 24.3 Å². The van der Waals surface area contributed by atoms with Crippen molar-refractivity contribution >= 4 is 11.9 Å². The lowest BCUT2D eigenvalue weighted by Gasteiger charge is -2.17. The van der Waals surface area contributed by atoms with E-state index in [1.807, 2.05) is 0 Å². The Balaban J connectivity index is 3.51. The number of carbonyl (C=O) groups excluding carboxylic acids is 1. The van der Waals surface area contributed by atoms with Crippen LogP contribution in [0.4, 0.5) is 0 Å². The van der Waals surface area contributed by atoms with Crippen LogP contribution in [-0.4, -0.2) is 23.1 Å². The van der Waals surface area contributed by atoms with Crippen LogP contribution in [0.1, 0.15) is 206 Å². The second kappa shape index (κ2) is 34.9. The lowest BCUT2D eigenvalue weighted by atomic mass is 10.0. The lowest BCUT2D eigenvalue weighted by molar-refractivity contribution is -0.150.